The van der Waals surface area contributed by atoms with Gasteiger partial charge in [-0.3, -0.25) is 4.79 Å². The van der Waals surface area contributed by atoms with Crippen molar-refractivity contribution in [2.45, 2.75) is 76.9 Å². The van der Waals surface area contributed by atoms with Gasteiger partial charge in [0, 0.05) is 13.2 Å². The lowest BCUT2D eigenvalue weighted by Crippen LogP contribution is -2.43. The molecule has 1 unspecified atom stereocenters. The lowest BCUT2D eigenvalue weighted by atomic mass is 10.1. The second-order valence-electron chi connectivity index (χ2n) is 7.19. The number of unbranched alkanes of at least 4 members (excludes halogenated alkanes) is 7. The molecule has 1 aromatic rings. The smallest absolute Gasteiger partial charge is 0.321 e. The highest BCUT2D eigenvalue weighted by Gasteiger charge is 2.18. The summed E-state index contributed by atoms with van der Waals surface area (Å²) in [5, 5.41) is 22.2. The molecule has 0 aliphatic carbocycles. The second-order valence-corrected chi connectivity index (χ2v) is 7.19. The van der Waals surface area contributed by atoms with Gasteiger partial charge in [-0.2, -0.15) is 0 Å². The van der Waals surface area contributed by atoms with Gasteiger partial charge in [0.25, 0.3) is 0 Å². The molecular weight excluding hydrogens is 342 g/mol. The number of rotatable bonds is 17. The topological polar surface area (TPSA) is 78.8 Å². The van der Waals surface area contributed by atoms with Crippen LogP contribution in [0.2, 0.25) is 0 Å². The Bertz CT molecular complexity index is 480. The molecular formula is C22H37NO4. The van der Waals surface area contributed by atoms with Crippen LogP contribution in [0.3, 0.4) is 0 Å². The zero-order valence-electron chi connectivity index (χ0n) is 16.7. The number of carbonyl (C=O) groups is 1. The molecule has 0 fully saturated rings. The van der Waals surface area contributed by atoms with Gasteiger partial charge in [0.05, 0.1) is 12.7 Å². The summed E-state index contributed by atoms with van der Waals surface area (Å²) in [4.78, 5) is 11.4. The molecule has 0 saturated heterocycles. The van der Waals surface area contributed by atoms with Crippen LogP contribution in [-0.2, 0) is 16.0 Å². The number of hydrogen-bond donors (Lipinski definition) is 3. The van der Waals surface area contributed by atoms with E-state index >= 15 is 0 Å². The molecule has 0 aromatic heterocycles. The van der Waals surface area contributed by atoms with Crippen LogP contribution in [0.25, 0.3) is 0 Å². The van der Waals surface area contributed by atoms with Crippen LogP contribution in [-0.4, -0.2) is 48.1 Å². The fourth-order valence-corrected chi connectivity index (χ4v) is 2.99. The average molecular weight is 380 g/mol. The first kappa shape index (κ1) is 23.6. The summed E-state index contributed by atoms with van der Waals surface area (Å²) in [7, 11) is 0. The van der Waals surface area contributed by atoms with Crippen molar-refractivity contribution in [3.05, 3.63) is 35.9 Å². The lowest BCUT2D eigenvalue weighted by molar-refractivity contribution is -0.139. The number of carboxylic acids is 1. The van der Waals surface area contributed by atoms with E-state index in [-0.39, 0.29) is 13.2 Å². The third kappa shape index (κ3) is 12.6. The Hall–Kier alpha value is -1.43. The number of ether oxygens (including phenoxy) is 1. The summed E-state index contributed by atoms with van der Waals surface area (Å²) in [5.41, 5.74) is 0.956. The molecule has 2 atom stereocenters. The van der Waals surface area contributed by atoms with Crippen molar-refractivity contribution in [2.75, 3.05) is 19.8 Å². The highest BCUT2D eigenvalue weighted by molar-refractivity contribution is 5.73. The first-order chi connectivity index (χ1) is 13.1. The van der Waals surface area contributed by atoms with E-state index in [2.05, 4.69) is 12.2 Å². The van der Waals surface area contributed by atoms with Crippen molar-refractivity contribution in [3.8, 4) is 0 Å². The minimum atomic E-state index is -0.911. The van der Waals surface area contributed by atoms with E-state index in [0.717, 1.165) is 12.0 Å². The van der Waals surface area contributed by atoms with Crippen LogP contribution in [0.1, 0.15) is 63.9 Å². The highest BCUT2D eigenvalue weighted by Crippen LogP contribution is 2.08. The quantitative estimate of drug-likeness (QED) is 0.359. The van der Waals surface area contributed by atoms with Crippen LogP contribution in [0.4, 0.5) is 0 Å². The number of carboxylic acid groups (broad SMARTS) is 1. The number of aliphatic hydroxyl groups is 1. The SMILES string of the molecule is CCCCCCCCCCOCC(O)CN[C@@H](Cc1ccccc1)C(=O)O. The van der Waals surface area contributed by atoms with Gasteiger partial charge in [-0.1, -0.05) is 82.2 Å². The highest BCUT2D eigenvalue weighted by atomic mass is 16.5. The van der Waals surface area contributed by atoms with Crippen LogP contribution in [0.15, 0.2) is 30.3 Å². The maximum atomic E-state index is 11.4. The van der Waals surface area contributed by atoms with E-state index in [1.54, 1.807) is 0 Å². The Morgan fingerprint density at radius 1 is 1.04 bits per heavy atom. The molecule has 1 rings (SSSR count). The first-order valence-electron chi connectivity index (χ1n) is 10.4. The normalized spacial score (nSPS) is 13.4. The minimum absolute atomic E-state index is 0.210. The predicted molar refractivity (Wildman–Crippen MR) is 109 cm³/mol. The molecule has 0 aliphatic rings. The molecule has 5 nitrogen and oxygen atoms in total. The standard InChI is InChI=1S/C22H37NO4/c1-2-3-4-5-6-7-8-12-15-27-18-20(24)17-23-21(22(25)26)16-19-13-10-9-11-14-19/h9-11,13-14,20-21,23-24H,2-8,12,15-18H2,1H3,(H,25,26)/t20?,21-/m0/s1. The minimum Gasteiger partial charge on any atom is -0.480 e. The summed E-state index contributed by atoms with van der Waals surface area (Å²) < 4.78 is 5.51. The molecule has 27 heavy (non-hydrogen) atoms. The summed E-state index contributed by atoms with van der Waals surface area (Å²) in [6.07, 6.45) is 9.70. The van der Waals surface area contributed by atoms with Crippen LogP contribution in [0, 0.1) is 0 Å². The molecule has 0 heterocycles. The Morgan fingerprint density at radius 3 is 2.30 bits per heavy atom. The summed E-state index contributed by atoms with van der Waals surface area (Å²) in [6, 6.07) is 8.78. The van der Waals surface area contributed by atoms with Crippen molar-refractivity contribution in [3.63, 3.8) is 0 Å². The molecule has 0 radical (unpaired) electrons. The van der Waals surface area contributed by atoms with Crippen LogP contribution >= 0.6 is 0 Å². The van der Waals surface area contributed by atoms with Gasteiger partial charge in [-0.15, -0.1) is 0 Å². The van der Waals surface area contributed by atoms with Crippen molar-refractivity contribution in [1.82, 2.24) is 5.32 Å². The van der Waals surface area contributed by atoms with E-state index in [1.165, 1.54) is 44.9 Å². The van der Waals surface area contributed by atoms with E-state index in [4.69, 9.17) is 4.74 Å². The maximum absolute atomic E-state index is 11.4. The molecule has 0 bridgehead atoms. The van der Waals surface area contributed by atoms with E-state index in [0.29, 0.717) is 13.0 Å². The Morgan fingerprint density at radius 2 is 1.67 bits per heavy atom. The second kappa shape index (κ2) is 15.6. The fraction of sp³-hybridized carbons (Fsp3) is 0.682. The summed E-state index contributed by atoms with van der Waals surface area (Å²) >= 11 is 0. The van der Waals surface area contributed by atoms with Gasteiger partial charge in [0.2, 0.25) is 0 Å². The number of nitrogens with one attached hydrogen (secondary N) is 1. The maximum Gasteiger partial charge on any atom is 0.321 e. The van der Waals surface area contributed by atoms with Gasteiger partial charge >= 0.3 is 5.97 Å². The third-order valence-corrected chi connectivity index (χ3v) is 4.63. The number of benzene rings is 1. The molecule has 154 valence electrons. The monoisotopic (exact) mass is 379 g/mol. The zero-order valence-corrected chi connectivity index (χ0v) is 16.7. The van der Waals surface area contributed by atoms with Crippen molar-refractivity contribution in [1.29, 1.82) is 0 Å². The van der Waals surface area contributed by atoms with Gasteiger partial charge < -0.3 is 20.3 Å². The largest absolute Gasteiger partial charge is 0.480 e. The molecule has 0 saturated carbocycles. The van der Waals surface area contributed by atoms with Crippen LogP contribution in [0.5, 0.6) is 0 Å². The Labute approximate surface area is 164 Å². The molecule has 0 aliphatic heterocycles. The molecule has 0 amide bonds. The van der Waals surface area contributed by atoms with Crippen molar-refractivity contribution < 1.29 is 19.7 Å². The van der Waals surface area contributed by atoms with Gasteiger partial charge in [-0.25, -0.2) is 0 Å². The van der Waals surface area contributed by atoms with E-state index < -0.39 is 18.1 Å². The predicted octanol–water partition coefficient (Wildman–Crippen LogP) is 3.79. The molecule has 1 aromatic carbocycles. The van der Waals surface area contributed by atoms with Crippen LogP contribution < -0.4 is 5.32 Å². The number of aliphatic carboxylic acids is 1. The molecule has 3 N–H and O–H groups in total. The van der Waals surface area contributed by atoms with Crippen molar-refractivity contribution in [2.24, 2.45) is 0 Å². The first-order valence-corrected chi connectivity index (χ1v) is 10.4. The number of hydrogen-bond acceptors (Lipinski definition) is 4. The van der Waals surface area contributed by atoms with Crippen molar-refractivity contribution >= 4 is 5.97 Å². The number of aliphatic hydroxyl groups excluding tert-OH is 1. The molecule has 5 heteroatoms. The summed E-state index contributed by atoms with van der Waals surface area (Å²) in [6.45, 7) is 3.33. The van der Waals surface area contributed by atoms with Gasteiger partial charge in [0.1, 0.15) is 6.04 Å². The lowest BCUT2D eigenvalue weighted by Gasteiger charge is -2.17. The van der Waals surface area contributed by atoms with Gasteiger partial charge in [0.15, 0.2) is 0 Å². The Kier molecular flexibility index (Phi) is 13.7. The van der Waals surface area contributed by atoms with Gasteiger partial charge in [-0.05, 0) is 18.4 Å². The average Bonchev–Trinajstić information content (AvgIpc) is 2.67. The fourth-order valence-electron chi connectivity index (χ4n) is 2.99. The molecule has 0 spiro atoms. The summed E-state index contributed by atoms with van der Waals surface area (Å²) in [5.74, 6) is -0.911. The Balaban J connectivity index is 2.06. The zero-order chi connectivity index (χ0) is 19.7. The van der Waals surface area contributed by atoms with E-state index in [1.807, 2.05) is 30.3 Å². The van der Waals surface area contributed by atoms with E-state index in [9.17, 15) is 15.0 Å². The third-order valence-electron chi connectivity index (χ3n) is 4.63.